The molecular formula is C22F51O2Si3. The summed E-state index contributed by atoms with van der Waals surface area (Å²) in [6.07, 6.45) is -69.7. The van der Waals surface area contributed by atoms with Gasteiger partial charge >= 0.3 is 155 Å². The van der Waals surface area contributed by atoms with E-state index < -0.39 is 155 Å². The molecule has 0 heterocycles. The molecule has 469 valence electrons. The Hall–Kier alpha value is -3.00. The highest BCUT2D eigenvalue weighted by molar-refractivity contribution is 6.90. The summed E-state index contributed by atoms with van der Waals surface area (Å²) in [6.45, 7) is 0. The lowest BCUT2D eigenvalue weighted by Gasteiger charge is -2.54. The maximum Gasteiger partial charge on any atom is 0.460 e. The molecule has 56 heteroatoms. The van der Waals surface area contributed by atoms with Crippen molar-refractivity contribution in [3.05, 3.63) is 0 Å². The Morgan fingerprint density at radius 1 is 0.167 bits per heavy atom. The third-order valence-electron chi connectivity index (χ3n) is 9.05. The molecule has 0 saturated heterocycles. The van der Waals surface area contributed by atoms with Crippen LogP contribution in [0.15, 0.2) is 0 Å². The second-order valence-corrected chi connectivity index (χ2v) is 23.3. The molecular weight excluding hydrogens is 1350 g/mol. The van der Waals surface area contributed by atoms with Crippen molar-refractivity contribution in [2.45, 2.75) is 129 Å². The number of hydrogen-bond acceptors (Lipinski definition) is 2. The van der Waals surface area contributed by atoms with Crippen molar-refractivity contribution in [2.24, 2.45) is 0 Å². The van der Waals surface area contributed by atoms with Crippen LogP contribution in [0, 0.1) is 0 Å². The number of rotatable bonds is 19. The largest absolute Gasteiger partial charge is 0.460 e. The molecule has 0 atom stereocenters. The fourth-order valence-electron chi connectivity index (χ4n) is 4.89. The van der Waals surface area contributed by atoms with Crippen LogP contribution in [0.1, 0.15) is 0 Å². The van der Waals surface area contributed by atoms with Gasteiger partial charge in [-0.2, -0.15) is 171 Å². The van der Waals surface area contributed by atoms with Crippen LogP contribution in [-0.4, -0.2) is 155 Å². The van der Waals surface area contributed by atoms with Crippen LogP contribution in [0.4, 0.5) is 224 Å². The minimum Gasteiger partial charge on any atom is -0.419 e. The van der Waals surface area contributed by atoms with E-state index in [1.54, 1.807) is 0 Å². The normalized spacial score (nSPS) is 17.4. The van der Waals surface area contributed by atoms with Crippen molar-refractivity contribution in [1.82, 2.24) is 0 Å². The van der Waals surface area contributed by atoms with Crippen LogP contribution in [0.2, 0.25) is 0 Å². The van der Waals surface area contributed by atoms with E-state index in [0.717, 1.165) is 0 Å². The average Bonchev–Trinajstić information content (AvgIpc) is 3.13. The lowest BCUT2D eigenvalue weighted by molar-refractivity contribution is -0.388. The molecule has 0 aromatic carbocycles. The Labute approximate surface area is 388 Å². The molecule has 0 unspecified atom stereocenters. The van der Waals surface area contributed by atoms with Crippen LogP contribution < -0.4 is 0 Å². The van der Waals surface area contributed by atoms with Crippen LogP contribution in [0.3, 0.4) is 0 Å². The predicted octanol–water partition coefficient (Wildman–Crippen LogP) is 15.6. The van der Waals surface area contributed by atoms with Gasteiger partial charge in [-0.15, -0.1) is 0 Å². The van der Waals surface area contributed by atoms with Gasteiger partial charge in [-0.3, -0.25) is 0 Å². The quantitative estimate of drug-likeness (QED) is 0.0948. The summed E-state index contributed by atoms with van der Waals surface area (Å²) in [5.41, 5.74) is -82.2. The van der Waals surface area contributed by atoms with E-state index >= 15 is 61.5 Å². The first-order chi connectivity index (χ1) is 32.6. The minimum absolute atomic E-state index is 0.326. The summed E-state index contributed by atoms with van der Waals surface area (Å²) in [5.74, 6) is -86.8. The van der Waals surface area contributed by atoms with Crippen LogP contribution in [0.25, 0.3) is 0 Å². The fourth-order valence-corrected chi connectivity index (χ4v) is 18.0. The SMILES string of the molecule is FC(F)(F)C(F)(F)C(F)(F)C(F)(F)[Si](O[Si](C(F)(F)C(F)(F)C(F)(F)F)(C(F)(F)C(F)(F)C(F)(F)F)C(F)(F)C(F)(F)C(F)(F)F)O[Si](C(F)(F)C(F)(F)C(F)(F)F)(C(F)(F)C(F)(F)C(F)(F)F)C(F)(F)C(F)(F)C(F)(F)F. The van der Waals surface area contributed by atoms with E-state index in [-0.39, 0.29) is 0 Å². The number of hydrogen-bond donors (Lipinski definition) is 0. The Balaban J connectivity index is 12.1. The zero-order valence-electron chi connectivity index (χ0n) is 32.6. The summed E-state index contributed by atoms with van der Waals surface area (Å²) in [7, 11) is -43.4. The zero-order valence-corrected chi connectivity index (χ0v) is 35.6. The second-order valence-electron chi connectivity index (χ2n) is 14.0. The molecule has 78 heavy (non-hydrogen) atoms. The molecule has 0 aliphatic carbocycles. The van der Waals surface area contributed by atoms with Gasteiger partial charge in [0.1, 0.15) is 0 Å². The lowest BCUT2D eigenvalue weighted by atomic mass is 10.1. The molecule has 0 aromatic heterocycles. The van der Waals surface area contributed by atoms with Crippen LogP contribution >= 0.6 is 0 Å². The van der Waals surface area contributed by atoms with Crippen molar-refractivity contribution >= 4 is 25.9 Å². The van der Waals surface area contributed by atoms with Gasteiger partial charge in [-0.25, -0.2) is 52.7 Å². The average molecular weight is 1350 g/mol. The Morgan fingerprint density at radius 2 is 0.282 bits per heavy atom. The molecule has 0 saturated carbocycles. The van der Waals surface area contributed by atoms with Gasteiger partial charge in [-0.1, -0.05) is 0 Å². The van der Waals surface area contributed by atoms with E-state index in [1.165, 1.54) is 0 Å². The van der Waals surface area contributed by atoms with Crippen LogP contribution in [0.5, 0.6) is 0 Å². The van der Waals surface area contributed by atoms with Gasteiger partial charge in [0.15, 0.2) is 0 Å². The van der Waals surface area contributed by atoms with Crippen LogP contribution in [-0.2, 0) is 8.23 Å². The summed E-state index contributed by atoms with van der Waals surface area (Å²) < 4.78 is 727. The zero-order chi connectivity index (χ0) is 65.0. The first-order valence-corrected chi connectivity index (χ1v) is 21.1. The molecule has 1 radical (unpaired) electrons. The minimum atomic E-state index is -15.4. The molecule has 0 amide bonds. The summed E-state index contributed by atoms with van der Waals surface area (Å²) in [4.78, 5) is 0. The topological polar surface area (TPSA) is 18.5 Å². The molecule has 0 aromatic rings. The monoisotopic (exact) mass is 1350 g/mol. The Kier molecular flexibility index (Phi) is 17.8. The van der Waals surface area contributed by atoms with Gasteiger partial charge in [0.05, 0.1) is 0 Å². The Morgan fingerprint density at radius 3 is 0.385 bits per heavy atom. The molecule has 0 rings (SSSR count). The van der Waals surface area contributed by atoms with Gasteiger partial charge in [0.25, 0.3) is 0 Å². The van der Waals surface area contributed by atoms with Crippen molar-refractivity contribution in [3.63, 3.8) is 0 Å². The standard InChI is InChI=1S/C22F51O2Si3/c23-1(24,9(39,40)41)2(25,26)16(60,61)76(74-77(17(62,63)3(27,28)10(42,43)44,18(64,65)4(29,30)11(45,46)47)19(66,67)5(31,32)12(48,49)50)75-78(20(68,69)6(33,34)13(51,52)53,21(70,71)7(35,36)14(54,55)56)22(72,73)8(37,38)15(57,58)59. The van der Waals surface area contributed by atoms with Gasteiger partial charge in [0, 0.05) is 0 Å². The van der Waals surface area contributed by atoms with Crippen molar-refractivity contribution in [2.75, 3.05) is 0 Å². The molecule has 0 fully saturated rings. The van der Waals surface area contributed by atoms with E-state index in [1.807, 2.05) is 0 Å². The summed E-state index contributed by atoms with van der Waals surface area (Å²) in [6, 6.07) is 0. The van der Waals surface area contributed by atoms with Crippen molar-refractivity contribution in [3.8, 4) is 0 Å². The highest BCUT2D eigenvalue weighted by Gasteiger charge is 3.08. The highest BCUT2D eigenvalue weighted by Crippen LogP contribution is 2.71. The van der Waals surface area contributed by atoms with Crippen molar-refractivity contribution in [1.29, 1.82) is 0 Å². The summed E-state index contributed by atoms with van der Waals surface area (Å²) in [5, 5.41) is 0. The molecule has 0 aliphatic rings. The van der Waals surface area contributed by atoms with Gasteiger partial charge in [-0.05, 0) is 0 Å². The highest BCUT2D eigenvalue weighted by atomic mass is 28.4. The number of alkyl halides is 51. The molecule has 0 bridgehead atoms. The first-order valence-electron chi connectivity index (χ1n) is 16.0. The molecule has 0 spiro atoms. The maximum absolute atomic E-state index is 15.6. The maximum atomic E-state index is 15.6. The van der Waals surface area contributed by atoms with E-state index in [2.05, 4.69) is 0 Å². The molecule has 2 nitrogen and oxygen atoms in total. The Bertz CT molecular complexity index is 1810. The van der Waals surface area contributed by atoms with E-state index in [9.17, 15) is 162 Å². The van der Waals surface area contributed by atoms with E-state index in [4.69, 9.17) is 0 Å². The predicted molar refractivity (Wildman–Crippen MR) is 136 cm³/mol. The van der Waals surface area contributed by atoms with Gasteiger partial charge in [0.2, 0.25) is 0 Å². The summed E-state index contributed by atoms with van der Waals surface area (Å²) >= 11 is 0. The molecule has 0 N–H and O–H groups in total. The third-order valence-corrected chi connectivity index (χ3v) is 21.0. The van der Waals surface area contributed by atoms with Gasteiger partial charge < -0.3 is 8.23 Å². The molecule has 0 aliphatic heterocycles. The van der Waals surface area contributed by atoms with E-state index in [0.29, 0.717) is 8.23 Å². The third kappa shape index (κ3) is 9.27. The number of halogens is 51. The second kappa shape index (κ2) is 18.5. The smallest absolute Gasteiger partial charge is 0.419 e. The first kappa shape index (κ1) is 75.0. The van der Waals surface area contributed by atoms with Crippen molar-refractivity contribution < 1.29 is 232 Å². The fraction of sp³-hybridized carbons (Fsp3) is 1.00. The lowest BCUT2D eigenvalue weighted by Crippen LogP contribution is -2.93.